The van der Waals surface area contributed by atoms with Crippen LogP contribution in [0.3, 0.4) is 0 Å². The molecule has 0 aliphatic rings. The molecule has 2 aromatic carbocycles. The molecule has 1 atom stereocenters. The van der Waals surface area contributed by atoms with Gasteiger partial charge in [0.05, 0.1) is 12.7 Å². The highest BCUT2D eigenvalue weighted by Crippen LogP contribution is 2.32. The molecule has 12 heteroatoms. The van der Waals surface area contributed by atoms with E-state index < -0.39 is 29.1 Å². The smallest absolute Gasteiger partial charge is 0.344 e. The number of hydrogen-bond acceptors (Lipinski definition) is 10. The van der Waals surface area contributed by atoms with Crippen LogP contribution in [-0.2, 0) is 23.9 Å². The Kier molecular flexibility index (Phi) is 12.6. The highest BCUT2D eigenvalue weighted by molar-refractivity contribution is 6.26. The summed E-state index contributed by atoms with van der Waals surface area (Å²) in [6, 6.07) is 11.3. The van der Waals surface area contributed by atoms with Gasteiger partial charge in [0, 0.05) is 11.6 Å². The first-order chi connectivity index (χ1) is 18.3. The Hall–Kier alpha value is -4.12. The molecule has 1 unspecified atom stereocenters. The maximum absolute atomic E-state index is 13.1. The summed E-state index contributed by atoms with van der Waals surface area (Å²) in [7, 11) is 1.39. The molecule has 204 valence electrons. The van der Waals surface area contributed by atoms with Gasteiger partial charge in [-0.05, 0) is 42.7 Å². The molecule has 0 amide bonds. The predicted octanol–water partition coefficient (Wildman–Crippen LogP) is 4.69. The molecule has 0 N–H and O–H groups in total. The van der Waals surface area contributed by atoms with E-state index in [0.29, 0.717) is 17.5 Å². The van der Waals surface area contributed by atoms with Gasteiger partial charge in [0.2, 0.25) is 0 Å². The SMILES string of the molecule is CCCCC(OC(=O)CCl)c1ccccc1C(=O)Oc1ccc(/C=C/C(=O)OCCO[N+](=O)[O-])cc1OC. The van der Waals surface area contributed by atoms with E-state index >= 15 is 0 Å². The van der Waals surface area contributed by atoms with Crippen molar-refractivity contribution in [1.29, 1.82) is 0 Å². The Morgan fingerprint density at radius 2 is 1.87 bits per heavy atom. The Morgan fingerprint density at radius 3 is 2.55 bits per heavy atom. The van der Waals surface area contributed by atoms with Crippen LogP contribution in [0.15, 0.2) is 48.5 Å². The summed E-state index contributed by atoms with van der Waals surface area (Å²) in [5, 5.41) is 9.11. The zero-order valence-electron chi connectivity index (χ0n) is 20.9. The Morgan fingerprint density at radius 1 is 1.11 bits per heavy atom. The van der Waals surface area contributed by atoms with Gasteiger partial charge in [-0.2, -0.15) is 0 Å². The number of rotatable bonds is 15. The lowest BCUT2D eigenvalue weighted by Crippen LogP contribution is -2.18. The average molecular weight is 550 g/mol. The first-order valence-electron chi connectivity index (χ1n) is 11.7. The van der Waals surface area contributed by atoms with Gasteiger partial charge >= 0.3 is 17.9 Å². The molecule has 38 heavy (non-hydrogen) atoms. The van der Waals surface area contributed by atoms with Crippen LogP contribution in [0.2, 0.25) is 0 Å². The normalized spacial score (nSPS) is 11.4. The molecular formula is C26H28ClNO10. The molecule has 0 radical (unpaired) electrons. The number of carbonyl (C=O) groups excluding carboxylic acids is 3. The molecule has 0 fully saturated rings. The summed E-state index contributed by atoms with van der Waals surface area (Å²) in [5.74, 6) is -1.94. The quantitative estimate of drug-likeness (QED) is 0.0584. The van der Waals surface area contributed by atoms with Crippen LogP contribution < -0.4 is 9.47 Å². The zero-order chi connectivity index (χ0) is 27.9. The van der Waals surface area contributed by atoms with Crippen LogP contribution in [0.4, 0.5) is 0 Å². The Bertz CT molecular complexity index is 1150. The summed E-state index contributed by atoms with van der Waals surface area (Å²) in [6.07, 6.45) is 4.05. The lowest BCUT2D eigenvalue weighted by atomic mass is 9.98. The fourth-order valence-corrected chi connectivity index (χ4v) is 3.38. The first-order valence-corrected chi connectivity index (χ1v) is 12.2. The molecule has 0 bridgehead atoms. The minimum Gasteiger partial charge on any atom is -0.493 e. The number of hydrogen-bond donors (Lipinski definition) is 0. The summed E-state index contributed by atoms with van der Waals surface area (Å²) in [6.45, 7) is 1.34. The molecule has 0 aromatic heterocycles. The van der Waals surface area contributed by atoms with Crippen LogP contribution in [0.25, 0.3) is 6.08 Å². The number of unbranched alkanes of at least 4 members (excludes halogenated alkanes) is 1. The van der Waals surface area contributed by atoms with Crippen molar-refractivity contribution < 1.29 is 43.3 Å². The highest BCUT2D eigenvalue weighted by atomic mass is 35.5. The van der Waals surface area contributed by atoms with Gasteiger partial charge in [-0.1, -0.05) is 37.6 Å². The molecule has 0 aliphatic carbocycles. The third-order valence-electron chi connectivity index (χ3n) is 5.06. The predicted molar refractivity (Wildman–Crippen MR) is 136 cm³/mol. The molecule has 0 aliphatic heterocycles. The van der Waals surface area contributed by atoms with Crippen molar-refractivity contribution in [2.24, 2.45) is 0 Å². The number of alkyl halides is 1. The van der Waals surface area contributed by atoms with Crippen molar-refractivity contribution in [2.45, 2.75) is 32.3 Å². The van der Waals surface area contributed by atoms with E-state index in [1.54, 1.807) is 36.4 Å². The van der Waals surface area contributed by atoms with Gasteiger partial charge in [0.15, 0.2) is 11.5 Å². The van der Waals surface area contributed by atoms with Crippen LogP contribution in [-0.4, -0.2) is 49.2 Å². The van der Waals surface area contributed by atoms with E-state index in [2.05, 4.69) is 4.84 Å². The molecule has 0 spiro atoms. The minimum absolute atomic E-state index is 0.131. The lowest BCUT2D eigenvalue weighted by Gasteiger charge is -2.20. The van der Waals surface area contributed by atoms with Gasteiger partial charge in [-0.25, -0.2) is 9.59 Å². The Labute approximate surface area is 224 Å². The number of ether oxygens (including phenoxy) is 4. The molecule has 11 nitrogen and oxygen atoms in total. The minimum atomic E-state index is -0.982. The van der Waals surface area contributed by atoms with Crippen LogP contribution in [0, 0.1) is 10.1 Å². The summed E-state index contributed by atoms with van der Waals surface area (Å²) in [5.41, 5.74) is 1.27. The van der Waals surface area contributed by atoms with Crippen molar-refractivity contribution in [3.63, 3.8) is 0 Å². The van der Waals surface area contributed by atoms with E-state index in [9.17, 15) is 24.5 Å². The van der Waals surface area contributed by atoms with Crippen molar-refractivity contribution in [3.05, 3.63) is 75.3 Å². The number of nitrogens with zero attached hydrogens (tertiary/aromatic N) is 1. The van der Waals surface area contributed by atoms with Crippen molar-refractivity contribution in [1.82, 2.24) is 0 Å². The van der Waals surface area contributed by atoms with Crippen molar-refractivity contribution in [2.75, 3.05) is 26.2 Å². The van der Waals surface area contributed by atoms with Gasteiger partial charge in [-0.15, -0.1) is 21.7 Å². The monoisotopic (exact) mass is 549 g/mol. The number of halogens is 1. The fraction of sp³-hybridized carbons (Fsp3) is 0.346. The van der Waals surface area contributed by atoms with Crippen LogP contribution in [0.1, 0.15) is 53.8 Å². The largest absolute Gasteiger partial charge is 0.493 e. The maximum atomic E-state index is 13.1. The number of carbonyl (C=O) groups is 3. The standard InChI is InChI=1S/C26H28ClNO10/c1-3-4-9-21(37-25(30)17-27)19-7-5-6-8-20(19)26(31)38-22-12-10-18(16-23(22)34-2)11-13-24(29)35-14-15-36-28(32)33/h5-8,10-13,16,21H,3-4,9,14-15,17H2,1-2H3/b13-11+. The molecule has 2 rings (SSSR count). The van der Waals surface area contributed by atoms with E-state index in [1.165, 1.54) is 19.3 Å². The first kappa shape index (κ1) is 30.1. The van der Waals surface area contributed by atoms with Crippen LogP contribution >= 0.6 is 11.6 Å². The lowest BCUT2D eigenvalue weighted by molar-refractivity contribution is -0.757. The van der Waals surface area contributed by atoms with Crippen LogP contribution in [0.5, 0.6) is 11.5 Å². The van der Waals surface area contributed by atoms with Gasteiger partial charge in [-0.3, -0.25) is 4.79 Å². The highest BCUT2D eigenvalue weighted by Gasteiger charge is 2.24. The number of esters is 3. The fourth-order valence-electron chi connectivity index (χ4n) is 3.31. The van der Waals surface area contributed by atoms with E-state index in [4.69, 9.17) is 30.5 Å². The summed E-state index contributed by atoms with van der Waals surface area (Å²) in [4.78, 5) is 50.9. The van der Waals surface area contributed by atoms with Crippen molar-refractivity contribution in [3.8, 4) is 11.5 Å². The summed E-state index contributed by atoms with van der Waals surface area (Å²) < 4.78 is 21.2. The number of methoxy groups -OCH3 is 1. The second-order valence-corrected chi connectivity index (χ2v) is 7.97. The Balaban J connectivity index is 2.16. The number of benzene rings is 2. The molecule has 0 heterocycles. The second-order valence-electron chi connectivity index (χ2n) is 7.70. The molecule has 2 aromatic rings. The van der Waals surface area contributed by atoms with E-state index in [1.807, 2.05) is 6.92 Å². The van der Waals surface area contributed by atoms with Gasteiger partial charge in [0.25, 0.3) is 5.09 Å². The van der Waals surface area contributed by atoms with Gasteiger partial charge < -0.3 is 23.8 Å². The molecule has 0 saturated heterocycles. The van der Waals surface area contributed by atoms with E-state index in [-0.39, 0.29) is 36.2 Å². The third kappa shape index (κ3) is 9.74. The topological polar surface area (TPSA) is 141 Å². The third-order valence-corrected chi connectivity index (χ3v) is 5.28. The maximum Gasteiger partial charge on any atom is 0.344 e. The van der Waals surface area contributed by atoms with Crippen molar-refractivity contribution >= 4 is 35.6 Å². The van der Waals surface area contributed by atoms with Gasteiger partial charge in [0.1, 0.15) is 25.2 Å². The summed E-state index contributed by atoms with van der Waals surface area (Å²) >= 11 is 5.61. The average Bonchev–Trinajstić information content (AvgIpc) is 2.92. The second kappa shape index (κ2) is 15.9. The molecule has 0 saturated carbocycles. The zero-order valence-corrected chi connectivity index (χ0v) is 21.7. The molecular weight excluding hydrogens is 522 g/mol. The van der Waals surface area contributed by atoms with E-state index in [0.717, 1.165) is 18.9 Å².